The summed E-state index contributed by atoms with van der Waals surface area (Å²) in [6.07, 6.45) is -0.457. The maximum absolute atomic E-state index is 13.4. The molecular weight excluding hydrogens is 512 g/mol. The Hall–Kier alpha value is -4.12. The molecule has 2 aromatic carbocycles. The lowest BCUT2D eigenvalue weighted by Gasteiger charge is -2.36. The molecule has 2 aliphatic heterocycles. The maximum atomic E-state index is 13.4. The van der Waals surface area contributed by atoms with E-state index in [0.717, 1.165) is 16.3 Å². The van der Waals surface area contributed by atoms with Gasteiger partial charge >= 0.3 is 12.1 Å². The summed E-state index contributed by atoms with van der Waals surface area (Å²) in [5.41, 5.74) is -0.706. The van der Waals surface area contributed by atoms with Crippen molar-refractivity contribution in [1.29, 1.82) is 0 Å². The number of amides is 6. The first-order valence-corrected chi connectivity index (χ1v) is 13.5. The van der Waals surface area contributed by atoms with Crippen LogP contribution in [0.25, 0.3) is 0 Å². The van der Waals surface area contributed by atoms with Crippen molar-refractivity contribution in [2.24, 2.45) is 0 Å². The van der Waals surface area contributed by atoms with Crippen LogP contribution in [0.5, 0.6) is 0 Å². The molecule has 1 atom stereocenters. The molecule has 3 N–H and O–H groups in total. The van der Waals surface area contributed by atoms with Crippen molar-refractivity contribution < 1.29 is 24.3 Å². The molecule has 0 saturated carbocycles. The fourth-order valence-corrected chi connectivity index (χ4v) is 4.90. The van der Waals surface area contributed by atoms with E-state index < -0.39 is 35.2 Å². The minimum absolute atomic E-state index is 0.141. The third kappa shape index (κ3) is 5.74. The summed E-state index contributed by atoms with van der Waals surface area (Å²) in [5, 5.41) is 16.9. The number of imide groups is 2. The Bertz CT molecular complexity index is 1240. The summed E-state index contributed by atoms with van der Waals surface area (Å²) < 4.78 is 0. The van der Waals surface area contributed by atoms with E-state index in [1.807, 2.05) is 60.7 Å². The SMILES string of the molecule is CC1(C)C(=O)N(CCCNc2ccccc2)C(=O)N1CN1C(=O)N(C[C@H](O)CNc2ccccc2)C(=O)C1(C)C. The number of aliphatic hydroxyl groups is 1. The summed E-state index contributed by atoms with van der Waals surface area (Å²) in [6.45, 7) is 6.99. The number of anilines is 2. The van der Waals surface area contributed by atoms with Crippen molar-refractivity contribution in [3.8, 4) is 0 Å². The molecule has 6 amide bonds. The number of β-amino-alcohol motifs (C(OH)–C–C–N with tert-alkyl or cyclic N) is 1. The van der Waals surface area contributed by atoms with Crippen molar-refractivity contribution >= 4 is 35.3 Å². The van der Waals surface area contributed by atoms with E-state index in [9.17, 15) is 24.3 Å². The number of para-hydroxylation sites is 2. The van der Waals surface area contributed by atoms with Gasteiger partial charge in [-0.15, -0.1) is 0 Å². The number of nitrogens with one attached hydrogen (secondary N) is 2. The van der Waals surface area contributed by atoms with Gasteiger partial charge in [-0.1, -0.05) is 36.4 Å². The number of carbonyl (C=O) groups excluding carboxylic acids is 4. The highest BCUT2D eigenvalue weighted by Crippen LogP contribution is 2.33. The van der Waals surface area contributed by atoms with Crippen LogP contribution < -0.4 is 10.6 Å². The number of benzene rings is 2. The first-order chi connectivity index (χ1) is 18.9. The van der Waals surface area contributed by atoms with Gasteiger partial charge in [0.15, 0.2) is 0 Å². The van der Waals surface area contributed by atoms with Crippen LogP contribution in [0, 0.1) is 0 Å². The fourth-order valence-electron chi connectivity index (χ4n) is 4.90. The second-order valence-corrected chi connectivity index (χ2v) is 11.1. The van der Waals surface area contributed by atoms with Gasteiger partial charge in [0.2, 0.25) is 0 Å². The van der Waals surface area contributed by atoms with Gasteiger partial charge in [0.05, 0.1) is 12.6 Å². The zero-order valence-electron chi connectivity index (χ0n) is 23.5. The largest absolute Gasteiger partial charge is 0.389 e. The molecule has 11 heteroatoms. The van der Waals surface area contributed by atoms with E-state index in [4.69, 9.17) is 0 Å². The molecule has 0 radical (unpaired) electrons. The number of hydrogen-bond acceptors (Lipinski definition) is 7. The van der Waals surface area contributed by atoms with Gasteiger partial charge in [0.25, 0.3) is 11.8 Å². The van der Waals surface area contributed by atoms with Crippen LogP contribution in [-0.4, -0.2) is 98.6 Å². The van der Waals surface area contributed by atoms with E-state index in [2.05, 4.69) is 10.6 Å². The molecule has 2 saturated heterocycles. The molecule has 0 aliphatic carbocycles. The minimum Gasteiger partial charge on any atom is -0.389 e. The number of rotatable bonds is 12. The van der Waals surface area contributed by atoms with Crippen LogP contribution in [-0.2, 0) is 9.59 Å². The van der Waals surface area contributed by atoms with E-state index in [0.29, 0.717) is 13.0 Å². The predicted octanol–water partition coefficient (Wildman–Crippen LogP) is 3.00. The van der Waals surface area contributed by atoms with Gasteiger partial charge in [0.1, 0.15) is 17.7 Å². The number of hydrogen-bond donors (Lipinski definition) is 3. The molecule has 11 nitrogen and oxygen atoms in total. The second-order valence-electron chi connectivity index (χ2n) is 11.1. The molecule has 2 aliphatic rings. The lowest BCUT2D eigenvalue weighted by molar-refractivity contribution is -0.133. The molecule has 0 aromatic heterocycles. The summed E-state index contributed by atoms with van der Waals surface area (Å²) in [4.78, 5) is 58.1. The Labute approximate surface area is 234 Å². The summed E-state index contributed by atoms with van der Waals surface area (Å²) in [5.74, 6) is -0.830. The van der Waals surface area contributed by atoms with Gasteiger partial charge in [-0.2, -0.15) is 0 Å². The Kier molecular flexibility index (Phi) is 8.34. The topological polar surface area (TPSA) is 126 Å². The van der Waals surface area contributed by atoms with Crippen LogP contribution in [0.15, 0.2) is 60.7 Å². The summed E-state index contributed by atoms with van der Waals surface area (Å²) in [7, 11) is 0. The van der Waals surface area contributed by atoms with Crippen LogP contribution in [0.4, 0.5) is 21.0 Å². The highest BCUT2D eigenvalue weighted by Gasteiger charge is 2.57. The van der Waals surface area contributed by atoms with E-state index in [1.165, 1.54) is 14.7 Å². The Morgan fingerprint density at radius 1 is 0.725 bits per heavy atom. The highest BCUT2D eigenvalue weighted by atomic mass is 16.3. The molecule has 0 spiro atoms. The van der Waals surface area contributed by atoms with Crippen molar-refractivity contribution in [1.82, 2.24) is 19.6 Å². The molecule has 2 fully saturated rings. The van der Waals surface area contributed by atoms with Gasteiger partial charge in [-0.05, 0) is 58.4 Å². The quantitative estimate of drug-likeness (QED) is 0.274. The van der Waals surface area contributed by atoms with Crippen molar-refractivity contribution in [3.05, 3.63) is 60.7 Å². The van der Waals surface area contributed by atoms with Crippen LogP contribution in [0.3, 0.4) is 0 Å². The van der Waals surface area contributed by atoms with E-state index in [1.54, 1.807) is 27.7 Å². The van der Waals surface area contributed by atoms with Crippen LogP contribution in [0.2, 0.25) is 0 Å². The van der Waals surface area contributed by atoms with Gasteiger partial charge in [-0.25, -0.2) is 9.59 Å². The van der Waals surface area contributed by atoms with Gasteiger partial charge in [-0.3, -0.25) is 29.2 Å². The van der Waals surface area contributed by atoms with Crippen molar-refractivity contribution in [2.75, 3.05) is 43.5 Å². The number of nitrogens with zero attached hydrogens (tertiary/aromatic N) is 4. The van der Waals surface area contributed by atoms with Crippen LogP contribution in [0.1, 0.15) is 34.1 Å². The van der Waals surface area contributed by atoms with E-state index >= 15 is 0 Å². The fraction of sp³-hybridized carbons (Fsp3) is 0.448. The molecule has 4 rings (SSSR count). The average molecular weight is 551 g/mol. The monoisotopic (exact) mass is 550 g/mol. The smallest absolute Gasteiger partial charge is 0.329 e. The normalized spacial score (nSPS) is 19.0. The molecule has 0 bridgehead atoms. The first kappa shape index (κ1) is 28.9. The maximum Gasteiger partial charge on any atom is 0.329 e. The molecular formula is C29H38N6O5. The molecule has 214 valence electrons. The standard InChI is InChI=1S/C29H38N6O5/c1-28(2)24(37)32(17-11-16-30-21-12-7-5-8-13-21)26(39)34(28)20-35-27(40)33(25(38)29(35,3)4)19-23(36)18-31-22-14-9-6-10-15-22/h5-10,12-15,23,30-31,36H,11,16-20H2,1-4H3/t23-/m1/s1. The molecule has 40 heavy (non-hydrogen) atoms. The van der Waals surface area contributed by atoms with Crippen LogP contribution >= 0.6 is 0 Å². The summed E-state index contributed by atoms with van der Waals surface area (Å²) in [6, 6.07) is 17.8. The summed E-state index contributed by atoms with van der Waals surface area (Å²) >= 11 is 0. The van der Waals surface area contributed by atoms with Gasteiger partial charge < -0.3 is 15.7 Å². The minimum atomic E-state index is -1.27. The zero-order chi connectivity index (χ0) is 29.1. The Morgan fingerprint density at radius 2 is 1.20 bits per heavy atom. The average Bonchev–Trinajstić information content (AvgIpc) is 3.19. The number of carbonyl (C=O) groups is 4. The Balaban J connectivity index is 1.38. The van der Waals surface area contributed by atoms with Crippen molar-refractivity contribution in [2.45, 2.75) is 51.3 Å². The number of aliphatic hydroxyl groups excluding tert-OH is 1. The Morgan fingerprint density at radius 3 is 1.75 bits per heavy atom. The van der Waals surface area contributed by atoms with Gasteiger partial charge in [0, 0.05) is 31.0 Å². The third-order valence-corrected chi connectivity index (χ3v) is 7.46. The lowest BCUT2D eigenvalue weighted by atomic mass is 10.0. The van der Waals surface area contributed by atoms with Crippen molar-refractivity contribution in [3.63, 3.8) is 0 Å². The van der Waals surface area contributed by atoms with E-state index in [-0.39, 0.29) is 32.2 Å². The number of urea groups is 2. The molecule has 2 aromatic rings. The zero-order valence-corrected chi connectivity index (χ0v) is 23.5. The molecule has 2 heterocycles. The second kappa shape index (κ2) is 11.5. The predicted molar refractivity (Wildman–Crippen MR) is 151 cm³/mol. The molecule has 0 unspecified atom stereocenters. The first-order valence-electron chi connectivity index (χ1n) is 13.5. The highest BCUT2D eigenvalue weighted by molar-refractivity contribution is 6.08. The third-order valence-electron chi connectivity index (χ3n) is 7.46. The lowest BCUT2D eigenvalue weighted by Crippen LogP contribution is -2.55.